The van der Waals surface area contributed by atoms with Crippen LogP contribution in [0.5, 0.6) is 0 Å². The largest absolute Gasteiger partial charge is 0.325 e. The van der Waals surface area contributed by atoms with Gasteiger partial charge < -0.3 is 0 Å². The zero-order valence-corrected chi connectivity index (χ0v) is 7.91. The van der Waals surface area contributed by atoms with Crippen molar-refractivity contribution in [2.45, 2.75) is 0 Å². The maximum atomic E-state index is 11.1. The maximum Gasteiger partial charge on any atom is 0.325 e. The summed E-state index contributed by atoms with van der Waals surface area (Å²) in [5.74, 6) is 0. The normalized spacial score (nSPS) is 10.2. The lowest BCUT2D eigenvalue weighted by molar-refractivity contribution is 0.746. The van der Waals surface area contributed by atoms with Gasteiger partial charge in [0.25, 0.3) is 0 Å². The van der Waals surface area contributed by atoms with Crippen LogP contribution in [-0.4, -0.2) is 9.78 Å². The summed E-state index contributed by atoms with van der Waals surface area (Å²) in [7, 11) is 1.66. The Bertz CT molecular complexity index is 458. The van der Waals surface area contributed by atoms with E-state index in [1.807, 2.05) is 30.3 Å². The topological polar surface area (TPSA) is 34.9 Å². The van der Waals surface area contributed by atoms with Gasteiger partial charge in [0.15, 0.2) is 0 Å². The quantitative estimate of drug-likeness (QED) is 0.686. The molecule has 0 saturated carbocycles. The first-order valence-electron chi connectivity index (χ1n) is 3.87. The number of hydrogen-bond acceptors (Lipinski definition) is 3. The van der Waals surface area contributed by atoms with Crippen molar-refractivity contribution in [1.82, 2.24) is 9.78 Å². The number of rotatable bonds is 1. The minimum Gasteiger partial charge on any atom is -0.255 e. The van der Waals surface area contributed by atoms with Gasteiger partial charge in [-0.05, 0) is 0 Å². The summed E-state index contributed by atoms with van der Waals surface area (Å²) in [6.07, 6.45) is 0. The van der Waals surface area contributed by atoms with Crippen LogP contribution < -0.4 is 4.87 Å². The van der Waals surface area contributed by atoms with Gasteiger partial charge in [-0.25, -0.2) is 4.68 Å². The van der Waals surface area contributed by atoms with Crippen molar-refractivity contribution in [3.8, 4) is 10.6 Å². The van der Waals surface area contributed by atoms with E-state index in [-0.39, 0.29) is 4.87 Å². The monoisotopic (exact) mass is 192 g/mol. The summed E-state index contributed by atoms with van der Waals surface area (Å²) < 4.78 is 1.35. The second-order valence-electron chi connectivity index (χ2n) is 2.66. The molecule has 0 aliphatic heterocycles. The van der Waals surface area contributed by atoms with Crippen molar-refractivity contribution >= 4 is 11.3 Å². The summed E-state index contributed by atoms with van der Waals surface area (Å²) in [6, 6.07) is 9.69. The van der Waals surface area contributed by atoms with E-state index < -0.39 is 0 Å². The second-order valence-corrected chi connectivity index (χ2v) is 3.60. The van der Waals surface area contributed by atoms with Gasteiger partial charge in [-0.15, -0.1) is 0 Å². The average molecular weight is 192 g/mol. The fraction of sp³-hybridized carbons (Fsp3) is 0.111. The number of aromatic nitrogens is 2. The highest BCUT2D eigenvalue weighted by Crippen LogP contribution is 2.17. The first-order chi connectivity index (χ1) is 6.27. The summed E-state index contributed by atoms with van der Waals surface area (Å²) in [6.45, 7) is 0. The van der Waals surface area contributed by atoms with Crippen LogP contribution in [0.1, 0.15) is 0 Å². The highest BCUT2D eigenvalue weighted by molar-refractivity contribution is 7.12. The van der Waals surface area contributed by atoms with Crippen LogP contribution in [0.2, 0.25) is 0 Å². The number of nitrogens with zero attached hydrogens (tertiary/aromatic N) is 2. The molecule has 0 atom stereocenters. The standard InChI is InChI=1S/C9H8N2OS/c1-11-9(12)13-8(10-11)7-5-3-2-4-6-7/h2-6H,1H3. The summed E-state index contributed by atoms with van der Waals surface area (Å²) in [5.41, 5.74) is 0.991. The zero-order valence-electron chi connectivity index (χ0n) is 7.10. The lowest BCUT2D eigenvalue weighted by atomic mass is 10.2. The zero-order chi connectivity index (χ0) is 9.26. The maximum absolute atomic E-state index is 11.1. The highest BCUT2D eigenvalue weighted by atomic mass is 32.1. The molecular formula is C9H8N2OS. The minimum absolute atomic E-state index is 0.0288. The predicted octanol–water partition coefficient (Wildman–Crippen LogP) is 1.51. The molecule has 0 unspecified atom stereocenters. The molecule has 0 bridgehead atoms. The van der Waals surface area contributed by atoms with Crippen LogP contribution in [-0.2, 0) is 7.05 Å². The molecule has 0 saturated heterocycles. The average Bonchev–Trinajstić information content (AvgIpc) is 2.49. The van der Waals surface area contributed by atoms with Gasteiger partial charge in [0.05, 0.1) is 0 Å². The van der Waals surface area contributed by atoms with Crippen molar-refractivity contribution in [2.24, 2.45) is 7.05 Å². The van der Waals surface area contributed by atoms with Gasteiger partial charge in [-0.1, -0.05) is 41.7 Å². The lowest BCUT2D eigenvalue weighted by Gasteiger charge is -1.91. The van der Waals surface area contributed by atoms with E-state index in [4.69, 9.17) is 0 Å². The SMILES string of the molecule is Cn1nc(-c2ccccc2)sc1=O. The van der Waals surface area contributed by atoms with Gasteiger partial charge in [0.1, 0.15) is 5.01 Å². The van der Waals surface area contributed by atoms with Crippen molar-refractivity contribution in [3.63, 3.8) is 0 Å². The van der Waals surface area contributed by atoms with Crippen LogP contribution in [0.15, 0.2) is 35.1 Å². The first kappa shape index (κ1) is 8.19. The third-order valence-corrected chi connectivity index (χ3v) is 2.66. The molecule has 0 N–H and O–H groups in total. The third kappa shape index (κ3) is 1.53. The molecule has 1 aromatic carbocycles. The third-order valence-electron chi connectivity index (χ3n) is 1.71. The van der Waals surface area contributed by atoms with Gasteiger partial charge in [-0.3, -0.25) is 4.79 Å². The van der Waals surface area contributed by atoms with E-state index in [0.717, 1.165) is 21.9 Å². The van der Waals surface area contributed by atoms with Crippen LogP contribution in [0.3, 0.4) is 0 Å². The molecule has 0 aliphatic rings. The van der Waals surface area contributed by atoms with E-state index in [1.54, 1.807) is 7.05 Å². The molecule has 0 amide bonds. The summed E-state index contributed by atoms with van der Waals surface area (Å²) >= 11 is 1.16. The predicted molar refractivity (Wildman–Crippen MR) is 52.8 cm³/mol. The molecule has 0 spiro atoms. The van der Waals surface area contributed by atoms with E-state index in [2.05, 4.69) is 5.10 Å². The Morgan fingerprint density at radius 2 is 2.00 bits per heavy atom. The smallest absolute Gasteiger partial charge is 0.255 e. The minimum atomic E-state index is -0.0288. The Morgan fingerprint density at radius 3 is 2.54 bits per heavy atom. The van der Waals surface area contributed by atoms with Crippen molar-refractivity contribution < 1.29 is 0 Å². The molecule has 3 nitrogen and oxygen atoms in total. The van der Waals surface area contributed by atoms with E-state index in [0.29, 0.717) is 0 Å². The van der Waals surface area contributed by atoms with Crippen LogP contribution in [0.4, 0.5) is 0 Å². The molecule has 0 radical (unpaired) electrons. The fourth-order valence-corrected chi connectivity index (χ4v) is 1.80. The van der Waals surface area contributed by atoms with Crippen LogP contribution in [0, 0.1) is 0 Å². The van der Waals surface area contributed by atoms with E-state index >= 15 is 0 Å². The molecule has 1 heterocycles. The Hall–Kier alpha value is -1.42. The Kier molecular flexibility index (Phi) is 1.98. The van der Waals surface area contributed by atoms with Gasteiger partial charge >= 0.3 is 4.87 Å². The van der Waals surface area contributed by atoms with Crippen LogP contribution in [0.25, 0.3) is 10.6 Å². The van der Waals surface area contributed by atoms with E-state index in [1.165, 1.54) is 4.68 Å². The summed E-state index contributed by atoms with van der Waals surface area (Å²) in [4.78, 5) is 11.1. The fourth-order valence-electron chi connectivity index (χ4n) is 1.04. The van der Waals surface area contributed by atoms with Gasteiger partial charge in [0.2, 0.25) is 0 Å². The molecule has 2 rings (SSSR count). The summed E-state index contributed by atoms with van der Waals surface area (Å²) in [5, 5.41) is 4.87. The van der Waals surface area contributed by atoms with Crippen molar-refractivity contribution in [1.29, 1.82) is 0 Å². The van der Waals surface area contributed by atoms with E-state index in [9.17, 15) is 4.79 Å². The lowest BCUT2D eigenvalue weighted by Crippen LogP contribution is -2.08. The molecule has 0 aliphatic carbocycles. The molecule has 66 valence electrons. The molecule has 1 aromatic heterocycles. The number of aryl methyl sites for hydroxylation is 1. The van der Waals surface area contributed by atoms with Gasteiger partial charge in [-0.2, -0.15) is 5.10 Å². The second kappa shape index (κ2) is 3.14. The number of hydrogen-bond donors (Lipinski definition) is 0. The molecule has 13 heavy (non-hydrogen) atoms. The highest BCUT2D eigenvalue weighted by Gasteiger charge is 2.03. The molecule has 2 aromatic rings. The van der Waals surface area contributed by atoms with Crippen molar-refractivity contribution in [3.05, 3.63) is 40.0 Å². The Labute approximate surface area is 79.3 Å². The number of benzene rings is 1. The van der Waals surface area contributed by atoms with Gasteiger partial charge in [0, 0.05) is 12.6 Å². The molecule has 4 heteroatoms. The molecule has 0 fully saturated rings. The van der Waals surface area contributed by atoms with Crippen molar-refractivity contribution in [2.75, 3.05) is 0 Å². The van der Waals surface area contributed by atoms with Crippen LogP contribution >= 0.6 is 11.3 Å². The Balaban J connectivity index is 2.54. The molecular weight excluding hydrogens is 184 g/mol. The first-order valence-corrected chi connectivity index (χ1v) is 4.68. The Morgan fingerprint density at radius 1 is 1.31 bits per heavy atom.